The zero-order chi connectivity index (χ0) is 18.7. The average molecular weight is 367 g/mol. The van der Waals surface area contributed by atoms with E-state index in [2.05, 4.69) is 22.5 Å². The van der Waals surface area contributed by atoms with Crippen molar-refractivity contribution >= 4 is 29.5 Å². The molecule has 7 nitrogen and oxygen atoms in total. The van der Waals surface area contributed by atoms with Gasteiger partial charge >= 0.3 is 6.03 Å². The van der Waals surface area contributed by atoms with Crippen LogP contribution in [0.2, 0.25) is 0 Å². The van der Waals surface area contributed by atoms with Crippen molar-refractivity contribution in [3.63, 3.8) is 0 Å². The molecule has 0 aliphatic carbocycles. The van der Waals surface area contributed by atoms with Crippen LogP contribution in [0.3, 0.4) is 0 Å². The number of carbonyl (C=O) groups excluding carboxylic acids is 2. The number of hydrogen-bond acceptors (Lipinski definition) is 4. The van der Waals surface area contributed by atoms with Crippen molar-refractivity contribution in [3.05, 3.63) is 60.3 Å². The lowest BCUT2D eigenvalue weighted by molar-refractivity contribution is 0.100. The number of nitrogens with one attached hydrogen (secondary N) is 1. The Morgan fingerprint density at radius 2 is 1.81 bits per heavy atom. The maximum atomic E-state index is 11.5. The third kappa shape index (κ3) is 3.70. The van der Waals surface area contributed by atoms with Crippen LogP contribution in [0, 0.1) is 0 Å². The Morgan fingerprint density at radius 1 is 1.08 bits per heavy atom. The molecule has 0 bridgehead atoms. The lowest BCUT2D eigenvalue weighted by atomic mass is 10.1. The van der Waals surface area contributed by atoms with E-state index in [0.29, 0.717) is 0 Å². The van der Waals surface area contributed by atoms with Gasteiger partial charge in [-0.3, -0.25) is 10.1 Å². The second kappa shape index (κ2) is 7.32. The topological polar surface area (TPSA) is 116 Å². The van der Waals surface area contributed by atoms with Gasteiger partial charge in [-0.25, -0.2) is 9.48 Å². The largest absolute Gasteiger partial charge is 0.365 e. The fourth-order valence-electron chi connectivity index (χ4n) is 2.50. The van der Waals surface area contributed by atoms with Gasteiger partial charge in [0.25, 0.3) is 5.91 Å². The summed E-state index contributed by atoms with van der Waals surface area (Å²) in [5.41, 5.74) is 13.4. The van der Waals surface area contributed by atoms with Crippen LogP contribution in [0.25, 0.3) is 16.8 Å². The molecule has 8 heteroatoms. The van der Waals surface area contributed by atoms with E-state index in [-0.39, 0.29) is 11.4 Å². The molecule has 3 rings (SSSR count). The molecule has 0 spiro atoms. The number of benzene rings is 2. The van der Waals surface area contributed by atoms with E-state index in [1.165, 1.54) is 15.8 Å². The molecule has 0 saturated carbocycles. The maximum Gasteiger partial charge on any atom is 0.317 e. The van der Waals surface area contributed by atoms with Crippen molar-refractivity contribution < 1.29 is 9.59 Å². The molecule has 0 unspecified atom stereocenters. The summed E-state index contributed by atoms with van der Waals surface area (Å²) < 4.78 is 1.47. The molecule has 0 aliphatic heterocycles. The molecular formula is C18H17N5O2S. The number of nitrogens with zero attached hydrogens (tertiary/aromatic N) is 2. The second-order valence-electron chi connectivity index (χ2n) is 5.47. The van der Waals surface area contributed by atoms with E-state index in [1.54, 1.807) is 11.8 Å². The van der Waals surface area contributed by atoms with Crippen LogP contribution in [-0.4, -0.2) is 28.0 Å². The first-order valence-electron chi connectivity index (χ1n) is 7.68. The molecule has 0 atom stereocenters. The van der Waals surface area contributed by atoms with Gasteiger partial charge < -0.3 is 11.5 Å². The van der Waals surface area contributed by atoms with Gasteiger partial charge in [0.2, 0.25) is 0 Å². The number of nitrogens with two attached hydrogens (primary N) is 2. The Hall–Kier alpha value is -3.26. The molecule has 3 aromatic rings. The summed E-state index contributed by atoms with van der Waals surface area (Å²) in [6.45, 7) is 0. The minimum absolute atomic E-state index is 0.0294. The smallest absolute Gasteiger partial charge is 0.317 e. The van der Waals surface area contributed by atoms with Crippen LogP contribution in [0.15, 0.2) is 59.6 Å². The number of carbonyl (C=O) groups is 2. The van der Waals surface area contributed by atoms with E-state index in [9.17, 15) is 9.59 Å². The SMILES string of the molecule is CSc1cccc(-c2ccc(-n3cc(C(N)=O)c(NC(N)=O)n3)cc2)c1. The van der Waals surface area contributed by atoms with E-state index >= 15 is 0 Å². The highest BCUT2D eigenvalue weighted by Gasteiger charge is 2.16. The summed E-state index contributed by atoms with van der Waals surface area (Å²) >= 11 is 1.69. The molecule has 5 N–H and O–H groups in total. The van der Waals surface area contributed by atoms with Gasteiger partial charge in [-0.05, 0) is 41.6 Å². The summed E-state index contributed by atoms with van der Waals surface area (Å²) in [6, 6.07) is 15.1. The fourth-order valence-corrected chi connectivity index (χ4v) is 2.96. The number of hydrogen-bond donors (Lipinski definition) is 3. The van der Waals surface area contributed by atoms with Gasteiger partial charge in [0.05, 0.1) is 5.69 Å². The molecule has 26 heavy (non-hydrogen) atoms. The quantitative estimate of drug-likeness (QED) is 0.601. The highest BCUT2D eigenvalue weighted by molar-refractivity contribution is 7.98. The van der Waals surface area contributed by atoms with E-state index < -0.39 is 11.9 Å². The van der Waals surface area contributed by atoms with Crippen LogP contribution >= 0.6 is 11.8 Å². The lowest BCUT2D eigenvalue weighted by Gasteiger charge is -2.06. The van der Waals surface area contributed by atoms with Crippen LogP contribution in [0.4, 0.5) is 10.6 Å². The van der Waals surface area contributed by atoms with Gasteiger partial charge in [0, 0.05) is 11.1 Å². The average Bonchev–Trinajstić information content (AvgIpc) is 3.05. The first kappa shape index (κ1) is 17.6. The standard InChI is InChI=1S/C18H17N5O2S/c1-26-14-4-2-3-12(9-14)11-5-7-13(8-6-11)23-10-15(16(19)24)17(22-23)21-18(20)25/h2-10H,1H3,(H2,19,24)(H3,20,21,22,25). The Labute approximate surface area is 154 Å². The van der Waals surface area contributed by atoms with Crippen molar-refractivity contribution in [2.75, 3.05) is 11.6 Å². The van der Waals surface area contributed by atoms with Gasteiger partial charge in [-0.1, -0.05) is 24.3 Å². The minimum Gasteiger partial charge on any atom is -0.365 e. The van der Waals surface area contributed by atoms with E-state index in [4.69, 9.17) is 11.5 Å². The van der Waals surface area contributed by atoms with Crippen molar-refractivity contribution in [1.29, 1.82) is 0 Å². The number of aromatic nitrogens is 2. The fraction of sp³-hybridized carbons (Fsp3) is 0.0556. The predicted octanol–water partition coefficient (Wildman–Crippen LogP) is 2.85. The Bertz CT molecular complexity index is 966. The van der Waals surface area contributed by atoms with Gasteiger partial charge in [0.15, 0.2) is 5.82 Å². The van der Waals surface area contributed by atoms with Crippen molar-refractivity contribution in [2.24, 2.45) is 11.5 Å². The summed E-state index contributed by atoms with van der Waals surface area (Å²) in [5, 5.41) is 6.47. The summed E-state index contributed by atoms with van der Waals surface area (Å²) in [4.78, 5) is 23.8. The zero-order valence-corrected chi connectivity index (χ0v) is 14.8. The summed E-state index contributed by atoms with van der Waals surface area (Å²) in [6.07, 6.45) is 3.49. The van der Waals surface area contributed by atoms with E-state index in [0.717, 1.165) is 16.8 Å². The Balaban J connectivity index is 1.93. The third-order valence-corrected chi connectivity index (χ3v) is 4.48. The number of rotatable bonds is 5. The molecule has 0 fully saturated rings. The predicted molar refractivity (Wildman–Crippen MR) is 103 cm³/mol. The van der Waals surface area contributed by atoms with Crippen LogP contribution < -0.4 is 16.8 Å². The number of anilines is 1. The molecule has 2 aromatic carbocycles. The third-order valence-electron chi connectivity index (χ3n) is 3.76. The Morgan fingerprint density at radius 3 is 2.42 bits per heavy atom. The first-order valence-corrected chi connectivity index (χ1v) is 8.91. The van der Waals surface area contributed by atoms with Gasteiger partial charge in [-0.2, -0.15) is 0 Å². The first-order chi connectivity index (χ1) is 12.5. The van der Waals surface area contributed by atoms with Crippen LogP contribution in [-0.2, 0) is 0 Å². The molecule has 0 saturated heterocycles. The number of thioether (sulfide) groups is 1. The number of amides is 3. The van der Waals surface area contributed by atoms with Crippen LogP contribution in [0.1, 0.15) is 10.4 Å². The van der Waals surface area contributed by atoms with Crippen molar-refractivity contribution in [1.82, 2.24) is 9.78 Å². The van der Waals surface area contributed by atoms with Crippen molar-refractivity contribution in [3.8, 4) is 16.8 Å². The van der Waals surface area contributed by atoms with Gasteiger partial charge in [0.1, 0.15) is 5.56 Å². The van der Waals surface area contributed by atoms with Crippen LogP contribution in [0.5, 0.6) is 0 Å². The van der Waals surface area contributed by atoms with Crippen molar-refractivity contribution in [2.45, 2.75) is 4.90 Å². The summed E-state index contributed by atoms with van der Waals surface area (Å²) in [7, 11) is 0. The number of primary amides is 2. The van der Waals surface area contributed by atoms with E-state index in [1.807, 2.05) is 42.7 Å². The normalized spacial score (nSPS) is 10.5. The minimum atomic E-state index is -0.818. The monoisotopic (exact) mass is 367 g/mol. The molecule has 3 amide bonds. The molecule has 1 aromatic heterocycles. The number of urea groups is 1. The highest BCUT2D eigenvalue weighted by atomic mass is 32.2. The molecule has 0 aliphatic rings. The molecule has 1 heterocycles. The molecule has 132 valence electrons. The zero-order valence-electron chi connectivity index (χ0n) is 14.0. The summed E-state index contributed by atoms with van der Waals surface area (Å²) in [5.74, 6) is -0.674. The lowest BCUT2D eigenvalue weighted by Crippen LogP contribution is -2.22. The molecular weight excluding hydrogens is 350 g/mol. The maximum absolute atomic E-state index is 11.5. The Kier molecular flexibility index (Phi) is 4.94. The highest BCUT2D eigenvalue weighted by Crippen LogP contribution is 2.26. The molecule has 0 radical (unpaired) electrons. The second-order valence-corrected chi connectivity index (χ2v) is 6.35. The van der Waals surface area contributed by atoms with Gasteiger partial charge in [-0.15, -0.1) is 16.9 Å².